The van der Waals surface area contributed by atoms with E-state index in [1.54, 1.807) is 0 Å². The van der Waals surface area contributed by atoms with Gasteiger partial charge in [-0.25, -0.2) is 0 Å². The molecular formula is C20H23ClN2O3. The number of aromatic amines is 1. The van der Waals surface area contributed by atoms with Crippen molar-refractivity contribution in [3.8, 4) is 0 Å². The molecule has 1 aliphatic rings. The predicted molar refractivity (Wildman–Crippen MR) is 103 cm³/mol. The van der Waals surface area contributed by atoms with E-state index in [4.69, 9.17) is 16.3 Å². The summed E-state index contributed by atoms with van der Waals surface area (Å²) in [6.45, 7) is 2.81. The van der Waals surface area contributed by atoms with Gasteiger partial charge in [-0.15, -0.1) is 0 Å². The Labute approximate surface area is 157 Å². The molecule has 1 heterocycles. The van der Waals surface area contributed by atoms with Crippen LogP contribution in [0.2, 0.25) is 5.02 Å². The number of amides is 1. The lowest BCUT2D eigenvalue weighted by Gasteiger charge is -2.26. The van der Waals surface area contributed by atoms with Gasteiger partial charge in [0, 0.05) is 11.9 Å². The molecule has 1 aliphatic carbocycles. The van der Waals surface area contributed by atoms with Gasteiger partial charge in [-0.1, -0.05) is 43.5 Å². The van der Waals surface area contributed by atoms with Gasteiger partial charge in [0.2, 0.25) is 0 Å². The number of pyridine rings is 1. The SMILES string of the molecule is C[C@@H]1CCC[C@@H](OCc2cccc(NC(=O)c3c[nH]c(=O)c(Cl)c3)c2)C1. The summed E-state index contributed by atoms with van der Waals surface area (Å²) >= 11 is 5.77. The Morgan fingerprint density at radius 1 is 1.35 bits per heavy atom. The van der Waals surface area contributed by atoms with Crippen LogP contribution in [-0.4, -0.2) is 17.0 Å². The third-order valence-electron chi connectivity index (χ3n) is 4.68. The summed E-state index contributed by atoms with van der Waals surface area (Å²) in [5, 5.41) is 2.80. The van der Waals surface area contributed by atoms with Crippen LogP contribution in [0, 0.1) is 5.92 Å². The topological polar surface area (TPSA) is 71.2 Å². The van der Waals surface area contributed by atoms with Crippen LogP contribution in [0.1, 0.15) is 48.5 Å². The van der Waals surface area contributed by atoms with Gasteiger partial charge in [0.25, 0.3) is 11.5 Å². The second-order valence-electron chi connectivity index (χ2n) is 6.92. The zero-order valence-electron chi connectivity index (χ0n) is 14.8. The molecule has 1 fully saturated rings. The Bertz CT molecular complexity index is 834. The molecule has 26 heavy (non-hydrogen) atoms. The maximum absolute atomic E-state index is 12.3. The van der Waals surface area contributed by atoms with E-state index in [1.807, 2.05) is 24.3 Å². The lowest BCUT2D eigenvalue weighted by Crippen LogP contribution is -2.21. The zero-order valence-corrected chi connectivity index (χ0v) is 15.5. The number of carbonyl (C=O) groups excluding carboxylic acids is 1. The molecule has 1 aromatic carbocycles. The normalized spacial score (nSPS) is 19.9. The highest BCUT2D eigenvalue weighted by atomic mass is 35.5. The molecule has 0 bridgehead atoms. The van der Waals surface area contributed by atoms with E-state index in [0.29, 0.717) is 24.0 Å². The van der Waals surface area contributed by atoms with Crippen LogP contribution in [0.3, 0.4) is 0 Å². The molecule has 2 aromatic rings. The van der Waals surface area contributed by atoms with E-state index in [9.17, 15) is 9.59 Å². The van der Waals surface area contributed by atoms with Crippen LogP contribution in [0.4, 0.5) is 5.69 Å². The van der Waals surface area contributed by atoms with E-state index < -0.39 is 5.56 Å². The molecule has 5 nitrogen and oxygen atoms in total. The molecule has 0 saturated heterocycles. The van der Waals surface area contributed by atoms with Crippen molar-refractivity contribution in [3.05, 3.63) is 63.0 Å². The van der Waals surface area contributed by atoms with Crippen LogP contribution >= 0.6 is 11.6 Å². The van der Waals surface area contributed by atoms with Crippen molar-refractivity contribution in [3.63, 3.8) is 0 Å². The number of benzene rings is 1. The van der Waals surface area contributed by atoms with Crippen molar-refractivity contribution in [1.82, 2.24) is 4.98 Å². The van der Waals surface area contributed by atoms with E-state index in [-0.39, 0.29) is 10.9 Å². The molecule has 2 N–H and O–H groups in total. The Balaban J connectivity index is 1.60. The maximum atomic E-state index is 12.3. The van der Waals surface area contributed by atoms with Crippen LogP contribution in [0.15, 0.2) is 41.3 Å². The minimum absolute atomic E-state index is 0.0125. The number of rotatable bonds is 5. The fourth-order valence-corrected chi connectivity index (χ4v) is 3.45. The molecule has 1 aromatic heterocycles. The minimum atomic E-state index is -0.417. The molecule has 1 saturated carbocycles. The number of hydrogen-bond acceptors (Lipinski definition) is 3. The molecular weight excluding hydrogens is 352 g/mol. The van der Waals surface area contributed by atoms with E-state index in [2.05, 4.69) is 17.2 Å². The van der Waals surface area contributed by atoms with Crippen molar-refractivity contribution < 1.29 is 9.53 Å². The van der Waals surface area contributed by atoms with Crippen LogP contribution in [0.25, 0.3) is 0 Å². The Morgan fingerprint density at radius 2 is 2.19 bits per heavy atom. The van der Waals surface area contributed by atoms with Gasteiger partial charge in [-0.3, -0.25) is 9.59 Å². The molecule has 1 amide bonds. The lowest BCUT2D eigenvalue weighted by atomic mass is 9.89. The molecule has 0 spiro atoms. The summed E-state index contributed by atoms with van der Waals surface area (Å²) in [6.07, 6.45) is 6.41. The van der Waals surface area contributed by atoms with Gasteiger partial charge in [-0.2, -0.15) is 0 Å². The molecule has 0 aliphatic heterocycles. The first kappa shape index (κ1) is 18.7. The average molecular weight is 375 g/mol. The summed E-state index contributed by atoms with van der Waals surface area (Å²) in [6, 6.07) is 8.94. The second kappa shape index (κ2) is 8.52. The highest BCUT2D eigenvalue weighted by Gasteiger charge is 2.19. The van der Waals surface area contributed by atoms with E-state index in [0.717, 1.165) is 24.3 Å². The Morgan fingerprint density at radius 3 is 2.96 bits per heavy atom. The first-order valence-electron chi connectivity index (χ1n) is 8.91. The van der Waals surface area contributed by atoms with E-state index in [1.165, 1.54) is 25.1 Å². The predicted octanol–water partition coefficient (Wildman–Crippen LogP) is 4.38. The molecule has 2 atom stereocenters. The number of carbonyl (C=O) groups is 1. The van der Waals surface area contributed by atoms with Crippen molar-refractivity contribution in [2.24, 2.45) is 5.92 Å². The fourth-order valence-electron chi connectivity index (χ4n) is 3.27. The van der Waals surface area contributed by atoms with Crippen LogP contribution in [0.5, 0.6) is 0 Å². The monoisotopic (exact) mass is 374 g/mol. The van der Waals surface area contributed by atoms with Gasteiger partial charge in [-0.05, 0) is 42.5 Å². The van der Waals surface area contributed by atoms with Crippen molar-refractivity contribution >= 4 is 23.2 Å². The smallest absolute Gasteiger partial charge is 0.266 e. The Kier molecular flexibility index (Phi) is 6.12. The highest BCUT2D eigenvalue weighted by molar-refractivity contribution is 6.30. The quantitative estimate of drug-likeness (QED) is 0.816. The lowest BCUT2D eigenvalue weighted by molar-refractivity contribution is 0.00468. The summed E-state index contributed by atoms with van der Waals surface area (Å²) < 4.78 is 6.04. The third kappa shape index (κ3) is 4.96. The summed E-state index contributed by atoms with van der Waals surface area (Å²) in [4.78, 5) is 26.0. The van der Waals surface area contributed by atoms with Gasteiger partial charge < -0.3 is 15.0 Å². The van der Waals surface area contributed by atoms with Crippen LogP contribution < -0.4 is 10.9 Å². The van der Waals surface area contributed by atoms with Gasteiger partial charge in [0.1, 0.15) is 5.02 Å². The number of aromatic nitrogens is 1. The minimum Gasteiger partial charge on any atom is -0.374 e. The van der Waals surface area contributed by atoms with Crippen molar-refractivity contribution in [2.75, 3.05) is 5.32 Å². The summed E-state index contributed by atoms with van der Waals surface area (Å²) in [5.74, 6) is 0.394. The third-order valence-corrected chi connectivity index (χ3v) is 4.96. The highest BCUT2D eigenvalue weighted by Crippen LogP contribution is 2.26. The Hall–Kier alpha value is -2.11. The number of halogens is 1. The average Bonchev–Trinajstić information content (AvgIpc) is 2.62. The number of nitrogens with one attached hydrogen (secondary N) is 2. The number of hydrogen-bond donors (Lipinski definition) is 2. The van der Waals surface area contributed by atoms with Crippen LogP contribution in [-0.2, 0) is 11.3 Å². The molecule has 138 valence electrons. The van der Waals surface area contributed by atoms with E-state index >= 15 is 0 Å². The summed E-state index contributed by atoms with van der Waals surface area (Å²) in [5.41, 5.74) is 1.57. The standard InChI is InChI=1S/C20H23ClN2O3/c1-13-4-2-7-17(8-13)26-12-14-5-3-6-16(9-14)23-19(24)15-10-18(21)20(25)22-11-15/h3,5-6,9-11,13,17H,2,4,7-8,12H2,1H3,(H,22,25)(H,23,24)/t13-,17-/m1/s1. The fraction of sp³-hybridized carbons (Fsp3) is 0.400. The largest absolute Gasteiger partial charge is 0.374 e. The van der Waals surface area contributed by atoms with Gasteiger partial charge in [0.15, 0.2) is 0 Å². The van der Waals surface area contributed by atoms with Crippen molar-refractivity contribution in [1.29, 1.82) is 0 Å². The first-order chi connectivity index (χ1) is 12.5. The zero-order chi connectivity index (χ0) is 18.5. The number of H-pyrrole nitrogens is 1. The first-order valence-corrected chi connectivity index (χ1v) is 9.29. The van der Waals surface area contributed by atoms with Gasteiger partial charge in [0.05, 0.1) is 18.3 Å². The van der Waals surface area contributed by atoms with Gasteiger partial charge >= 0.3 is 0 Å². The number of anilines is 1. The number of ether oxygens (including phenoxy) is 1. The maximum Gasteiger partial charge on any atom is 0.266 e. The molecule has 0 radical (unpaired) electrons. The molecule has 6 heteroatoms. The van der Waals surface area contributed by atoms with Crippen molar-refractivity contribution in [2.45, 2.75) is 45.3 Å². The summed E-state index contributed by atoms with van der Waals surface area (Å²) in [7, 11) is 0. The molecule has 3 rings (SSSR count). The molecule has 0 unspecified atom stereocenters. The second-order valence-corrected chi connectivity index (χ2v) is 7.33.